The van der Waals surface area contributed by atoms with Gasteiger partial charge in [0.25, 0.3) is 5.82 Å². The minimum Gasteiger partial charge on any atom is -0.383 e. The van der Waals surface area contributed by atoms with E-state index in [-0.39, 0.29) is 4.96 Å². The third-order valence-electron chi connectivity index (χ3n) is 2.05. The van der Waals surface area contributed by atoms with Crippen molar-refractivity contribution in [1.29, 1.82) is 0 Å². The predicted octanol–water partition coefficient (Wildman–Crippen LogP) is 0.941. The van der Waals surface area contributed by atoms with E-state index in [2.05, 4.69) is 20.6 Å². The van der Waals surface area contributed by atoms with Gasteiger partial charge in [-0.25, -0.2) is 0 Å². The summed E-state index contributed by atoms with van der Waals surface area (Å²) in [5.41, 5.74) is 0. The molecule has 6 nitrogen and oxygen atoms in total. The molecule has 0 atom stereocenters. The molecule has 0 aliphatic heterocycles. The van der Waals surface area contributed by atoms with Crippen molar-refractivity contribution < 1.29 is 17.9 Å². The van der Waals surface area contributed by atoms with Crippen molar-refractivity contribution in [1.82, 2.24) is 25.1 Å². The molecule has 2 heterocycles. The predicted molar refractivity (Wildman–Crippen MR) is 57.2 cm³/mol. The zero-order chi connectivity index (χ0) is 13.2. The Kier molecular flexibility index (Phi) is 3.78. The van der Waals surface area contributed by atoms with Crippen molar-refractivity contribution in [3.63, 3.8) is 0 Å². The number of nitrogens with zero attached hydrogens (tertiary/aromatic N) is 4. The number of aromatic nitrogens is 4. The molecule has 2 aromatic rings. The fraction of sp³-hybridized carbons (Fsp3) is 0.625. The minimum absolute atomic E-state index is 0.130. The molecule has 2 rings (SSSR count). The Morgan fingerprint density at radius 2 is 2.17 bits per heavy atom. The quantitative estimate of drug-likeness (QED) is 0.826. The molecule has 2 aromatic heterocycles. The van der Waals surface area contributed by atoms with E-state index >= 15 is 0 Å². The van der Waals surface area contributed by atoms with E-state index in [0.717, 1.165) is 15.9 Å². The van der Waals surface area contributed by atoms with Crippen LogP contribution in [-0.2, 0) is 17.5 Å². The number of halogens is 3. The number of ether oxygens (including phenoxy) is 1. The molecule has 0 saturated carbocycles. The summed E-state index contributed by atoms with van der Waals surface area (Å²) < 4.78 is 43.1. The van der Waals surface area contributed by atoms with E-state index in [1.165, 1.54) is 0 Å². The van der Waals surface area contributed by atoms with Gasteiger partial charge in [0, 0.05) is 20.2 Å². The molecule has 0 bridgehead atoms. The second kappa shape index (κ2) is 5.16. The van der Waals surface area contributed by atoms with Crippen LogP contribution in [-0.4, -0.2) is 40.1 Å². The Labute approximate surface area is 104 Å². The molecule has 0 fully saturated rings. The number of methoxy groups -OCH3 is 1. The first-order chi connectivity index (χ1) is 8.52. The topological polar surface area (TPSA) is 64.3 Å². The average Bonchev–Trinajstić information content (AvgIpc) is 2.81. The summed E-state index contributed by atoms with van der Waals surface area (Å²) in [6, 6.07) is 0. The zero-order valence-corrected chi connectivity index (χ0v) is 10.2. The molecule has 10 heteroatoms. The standard InChI is InChI=1S/C8H10F3N5OS/c1-17-3-2-12-4-5-15-16-6(8(9,10)11)13-14-7(16)18-5/h12H,2-4H2,1H3. The van der Waals surface area contributed by atoms with Crippen molar-refractivity contribution >= 4 is 16.3 Å². The van der Waals surface area contributed by atoms with E-state index in [1.54, 1.807) is 7.11 Å². The van der Waals surface area contributed by atoms with Gasteiger partial charge in [-0.05, 0) is 0 Å². The SMILES string of the molecule is COCCNCc1nn2c(C(F)(F)F)nnc2s1. The lowest BCUT2D eigenvalue weighted by molar-refractivity contribution is -0.146. The first-order valence-electron chi connectivity index (χ1n) is 5.00. The van der Waals surface area contributed by atoms with Crippen LogP contribution in [0.3, 0.4) is 0 Å². The Hall–Kier alpha value is -1.26. The highest BCUT2D eigenvalue weighted by Crippen LogP contribution is 2.28. The summed E-state index contributed by atoms with van der Waals surface area (Å²) in [4.78, 5) is 0.130. The van der Waals surface area contributed by atoms with Gasteiger partial charge in [-0.1, -0.05) is 11.3 Å². The summed E-state index contributed by atoms with van der Waals surface area (Å²) in [6.45, 7) is 1.50. The van der Waals surface area contributed by atoms with Gasteiger partial charge in [0.2, 0.25) is 4.96 Å². The van der Waals surface area contributed by atoms with Crippen LogP contribution in [0.2, 0.25) is 0 Å². The van der Waals surface area contributed by atoms with E-state index in [1.807, 2.05) is 0 Å². The van der Waals surface area contributed by atoms with Gasteiger partial charge in [-0.2, -0.15) is 22.8 Å². The largest absolute Gasteiger partial charge is 0.453 e. The molecule has 0 radical (unpaired) electrons. The highest BCUT2D eigenvalue weighted by Gasteiger charge is 2.38. The first-order valence-corrected chi connectivity index (χ1v) is 5.82. The van der Waals surface area contributed by atoms with Gasteiger partial charge in [0.05, 0.1) is 6.61 Å². The van der Waals surface area contributed by atoms with Crippen LogP contribution in [0.15, 0.2) is 0 Å². The Bertz CT molecular complexity index is 522. The fourth-order valence-electron chi connectivity index (χ4n) is 1.27. The molecule has 0 aromatic carbocycles. The van der Waals surface area contributed by atoms with Crippen LogP contribution < -0.4 is 5.32 Å². The van der Waals surface area contributed by atoms with Gasteiger partial charge in [0.15, 0.2) is 0 Å². The number of rotatable bonds is 5. The van der Waals surface area contributed by atoms with Gasteiger partial charge >= 0.3 is 6.18 Å². The molecule has 0 aliphatic carbocycles. The van der Waals surface area contributed by atoms with Crippen molar-refractivity contribution in [2.24, 2.45) is 0 Å². The van der Waals surface area contributed by atoms with Crippen molar-refractivity contribution in [2.75, 3.05) is 20.3 Å². The van der Waals surface area contributed by atoms with Crippen LogP contribution in [0, 0.1) is 0 Å². The lowest BCUT2D eigenvalue weighted by atomic mass is 10.6. The van der Waals surface area contributed by atoms with Crippen molar-refractivity contribution in [3.8, 4) is 0 Å². The maximum atomic E-state index is 12.5. The second-order valence-corrected chi connectivity index (χ2v) is 4.42. The maximum Gasteiger partial charge on any atom is 0.453 e. The number of hydrogen-bond acceptors (Lipinski definition) is 6. The van der Waals surface area contributed by atoms with E-state index in [4.69, 9.17) is 4.74 Å². The summed E-state index contributed by atoms with van der Waals surface area (Å²) in [5, 5.41) is 13.9. The first kappa shape index (κ1) is 13.2. The molecule has 1 N–H and O–H groups in total. The lowest BCUT2D eigenvalue weighted by Gasteiger charge is -2.01. The van der Waals surface area contributed by atoms with Crippen LogP contribution in [0.25, 0.3) is 4.96 Å². The lowest BCUT2D eigenvalue weighted by Crippen LogP contribution is -2.18. The fourth-order valence-corrected chi connectivity index (χ4v) is 2.08. The minimum atomic E-state index is -4.55. The third-order valence-corrected chi connectivity index (χ3v) is 2.94. The highest BCUT2D eigenvalue weighted by atomic mass is 32.1. The van der Waals surface area contributed by atoms with Crippen LogP contribution in [0.4, 0.5) is 13.2 Å². The molecular weight excluding hydrogens is 271 g/mol. The molecule has 0 unspecified atom stereocenters. The molecule has 0 amide bonds. The van der Waals surface area contributed by atoms with Gasteiger partial charge < -0.3 is 10.1 Å². The van der Waals surface area contributed by atoms with Crippen LogP contribution >= 0.6 is 11.3 Å². The van der Waals surface area contributed by atoms with Crippen molar-refractivity contribution in [2.45, 2.75) is 12.7 Å². The summed E-state index contributed by atoms with van der Waals surface area (Å²) in [6.07, 6.45) is -4.55. The van der Waals surface area contributed by atoms with Gasteiger partial charge in [0.1, 0.15) is 5.01 Å². The molecule has 18 heavy (non-hydrogen) atoms. The monoisotopic (exact) mass is 281 g/mol. The van der Waals surface area contributed by atoms with Crippen LogP contribution in [0.1, 0.15) is 10.8 Å². The summed E-state index contributed by atoms with van der Waals surface area (Å²) >= 11 is 1.07. The molecule has 0 saturated heterocycles. The van der Waals surface area contributed by atoms with Gasteiger partial charge in [-0.15, -0.1) is 10.2 Å². The normalized spacial score (nSPS) is 12.4. The van der Waals surface area contributed by atoms with Gasteiger partial charge in [-0.3, -0.25) is 0 Å². The molecule has 100 valence electrons. The molecule has 0 aliphatic rings. The Morgan fingerprint density at radius 1 is 1.39 bits per heavy atom. The Balaban J connectivity index is 2.11. The number of alkyl halides is 3. The van der Waals surface area contributed by atoms with Crippen molar-refractivity contribution in [3.05, 3.63) is 10.8 Å². The summed E-state index contributed by atoms with van der Waals surface area (Å²) in [7, 11) is 1.57. The molecule has 0 spiro atoms. The van der Waals surface area contributed by atoms with E-state index < -0.39 is 12.0 Å². The van der Waals surface area contributed by atoms with Crippen LogP contribution in [0.5, 0.6) is 0 Å². The number of nitrogens with one attached hydrogen (secondary N) is 1. The average molecular weight is 281 g/mol. The molecular formula is C8H10F3N5OS. The zero-order valence-electron chi connectivity index (χ0n) is 9.36. The smallest absolute Gasteiger partial charge is 0.383 e. The highest BCUT2D eigenvalue weighted by molar-refractivity contribution is 7.16. The number of fused-ring (bicyclic) bond motifs is 1. The number of hydrogen-bond donors (Lipinski definition) is 1. The van der Waals surface area contributed by atoms with E-state index in [0.29, 0.717) is 24.7 Å². The maximum absolute atomic E-state index is 12.5. The van der Waals surface area contributed by atoms with E-state index in [9.17, 15) is 13.2 Å². The third kappa shape index (κ3) is 2.76. The second-order valence-electron chi connectivity index (χ2n) is 3.38. The Morgan fingerprint density at radius 3 is 2.83 bits per heavy atom. The summed E-state index contributed by atoms with van der Waals surface area (Å²) in [5.74, 6) is -1.10.